The van der Waals surface area contributed by atoms with Gasteiger partial charge in [-0.2, -0.15) is 0 Å². The van der Waals surface area contributed by atoms with Crippen LogP contribution in [0.5, 0.6) is 0 Å². The molecule has 0 saturated carbocycles. The van der Waals surface area contributed by atoms with Gasteiger partial charge in [0.1, 0.15) is 0 Å². The fraction of sp³-hybridized carbons (Fsp3) is 0.400. The molecule has 0 aliphatic carbocycles. The van der Waals surface area contributed by atoms with Gasteiger partial charge in [-0.25, -0.2) is 0 Å². The van der Waals surface area contributed by atoms with E-state index in [1.807, 2.05) is 12.1 Å². The number of hydrogen-bond acceptors (Lipinski definition) is 6. The molecule has 1 saturated heterocycles. The molecule has 1 fully saturated rings. The molecule has 3 heterocycles. The van der Waals surface area contributed by atoms with Crippen molar-refractivity contribution in [1.82, 2.24) is 15.1 Å². The average Bonchev–Trinajstić information content (AvgIpc) is 3.37. The minimum absolute atomic E-state index is 0.300. The average molecular weight is 369 g/mol. The van der Waals surface area contributed by atoms with Crippen LogP contribution in [0.3, 0.4) is 0 Å². The second-order valence-electron chi connectivity index (χ2n) is 6.75. The van der Waals surface area contributed by atoms with Crippen molar-refractivity contribution in [2.45, 2.75) is 39.0 Å². The van der Waals surface area contributed by atoms with Crippen LogP contribution in [0.4, 0.5) is 0 Å². The topological polar surface area (TPSA) is 51.4 Å². The monoisotopic (exact) mass is 369 g/mol. The summed E-state index contributed by atoms with van der Waals surface area (Å²) in [6, 6.07) is 12.4. The Hall–Kier alpha value is -2.02. The molecule has 2 aromatic heterocycles. The molecule has 0 spiro atoms. The number of thiophene rings is 1. The first kappa shape index (κ1) is 17.4. The predicted molar refractivity (Wildman–Crippen MR) is 102 cm³/mol. The van der Waals surface area contributed by atoms with E-state index >= 15 is 0 Å². The maximum atomic E-state index is 5.94. The minimum atomic E-state index is 0.300. The quantitative estimate of drug-likeness (QED) is 0.622. The highest BCUT2D eigenvalue weighted by Crippen LogP contribution is 2.22. The molecule has 4 rings (SSSR count). The Morgan fingerprint density at radius 3 is 2.92 bits per heavy atom. The van der Waals surface area contributed by atoms with E-state index in [2.05, 4.69) is 51.7 Å². The molecule has 1 aromatic carbocycles. The lowest BCUT2D eigenvalue weighted by atomic mass is 10.1. The van der Waals surface area contributed by atoms with E-state index in [0.717, 1.165) is 38.1 Å². The Morgan fingerprint density at radius 1 is 1.19 bits per heavy atom. The predicted octanol–water partition coefficient (Wildman–Crippen LogP) is 4.29. The van der Waals surface area contributed by atoms with Crippen LogP contribution >= 0.6 is 11.3 Å². The maximum absolute atomic E-state index is 5.94. The van der Waals surface area contributed by atoms with Crippen LogP contribution in [-0.2, 0) is 17.8 Å². The van der Waals surface area contributed by atoms with Gasteiger partial charge in [0.2, 0.25) is 11.8 Å². The van der Waals surface area contributed by atoms with Crippen LogP contribution in [-0.4, -0.2) is 34.4 Å². The lowest BCUT2D eigenvalue weighted by Crippen LogP contribution is -2.31. The Balaban J connectivity index is 1.47. The Kier molecular flexibility index (Phi) is 5.43. The molecule has 1 atom stereocenters. The van der Waals surface area contributed by atoms with Gasteiger partial charge >= 0.3 is 0 Å². The second-order valence-corrected chi connectivity index (χ2v) is 7.79. The number of aryl methyl sites for hydroxylation is 1. The van der Waals surface area contributed by atoms with Crippen LogP contribution in [0.1, 0.15) is 29.2 Å². The number of nitrogens with zero attached hydrogens (tertiary/aromatic N) is 3. The first-order chi connectivity index (χ1) is 12.8. The highest BCUT2D eigenvalue weighted by Gasteiger charge is 2.21. The van der Waals surface area contributed by atoms with Gasteiger partial charge in [0.25, 0.3) is 0 Å². The van der Waals surface area contributed by atoms with Gasteiger partial charge in [0, 0.05) is 30.1 Å². The summed E-state index contributed by atoms with van der Waals surface area (Å²) < 4.78 is 11.8. The van der Waals surface area contributed by atoms with E-state index in [1.54, 1.807) is 11.3 Å². The summed E-state index contributed by atoms with van der Waals surface area (Å²) >= 11 is 1.77. The molecular formula is C20H23N3O2S. The van der Waals surface area contributed by atoms with Gasteiger partial charge in [-0.3, -0.25) is 4.90 Å². The number of ether oxygens (including phenoxy) is 1. The van der Waals surface area contributed by atoms with Crippen LogP contribution in [0.15, 0.2) is 46.2 Å². The summed E-state index contributed by atoms with van der Waals surface area (Å²) in [6.45, 7) is 5.33. The van der Waals surface area contributed by atoms with Crippen molar-refractivity contribution in [3.05, 3.63) is 58.1 Å². The first-order valence-corrected chi connectivity index (χ1v) is 9.90. The summed E-state index contributed by atoms with van der Waals surface area (Å²) in [7, 11) is 0. The van der Waals surface area contributed by atoms with Crippen molar-refractivity contribution >= 4 is 11.3 Å². The molecule has 1 aliphatic heterocycles. The van der Waals surface area contributed by atoms with Crippen molar-refractivity contribution in [2.24, 2.45) is 0 Å². The molecule has 26 heavy (non-hydrogen) atoms. The van der Waals surface area contributed by atoms with E-state index in [4.69, 9.17) is 9.15 Å². The molecule has 0 radical (unpaired) electrons. The summed E-state index contributed by atoms with van der Waals surface area (Å²) in [5.74, 6) is 1.23. The third-order valence-corrected chi connectivity index (χ3v) is 5.40. The third kappa shape index (κ3) is 4.38. The van der Waals surface area contributed by atoms with Gasteiger partial charge in [-0.15, -0.1) is 21.5 Å². The van der Waals surface area contributed by atoms with Crippen LogP contribution in [0, 0.1) is 6.92 Å². The van der Waals surface area contributed by atoms with Crippen LogP contribution in [0.2, 0.25) is 0 Å². The summed E-state index contributed by atoms with van der Waals surface area (Å²) in [5.41, 5.74) is 2.15. The molecule has 1 aliphatic rings. The van der Waals surface area contributed by atoms with Crippen molar-refractivity contribution < 1.29 is 9.15 Å². The van der Waals surface area contributed by atoms with E-state index in [9.17, 15) is 0 Å². The fourth-order valence-electron chi connectivity index (χ4n) is 3.29. The Labute approximate surface area is 157 Å². The van der Waals surface area contributed by atoms with Crippen molar-refractivity contribution in [3.63, 3.8) is 0 Å². The Bertz CT molecular complexity index is 825. The normalized spacial score (nSPS) is 17.2. The van der Waals surface area contributed by atoms with Gasteiger partial charge < -0.3 is 9.15 Å². The SMILES string of the molecule is Cc1cccc(-c2nnc(CN(Cc3cccs3)CC3CCCO3)o2)c1. The zero-order chi connectivity index (χ0) is 17.8. The third-order valence-electron chi connectivity index (χ3n) is 4.54. The first-order valence-electron chi connectivity index (χ1n) is 9.02. The molecule has 0 amide bonds. The van der Waals surface area contributed by atoms with E-state index in [1.165, 1.54) is 10.4 Å². The summed E-state index contributed by atoms with van der Waals surface area (Å²) in [5, 5.41) is 10.6. The molecule has 5 nitrogen and oxygen atoms in total. The van der Waals surface area contributed by atoms with Crippen LogP contribution in [0.25, 0.3) is 11.5 Å². The summed E-state index contributed by atoms with van der Waals surface area (Å²) in [6.07, 6.45) is 2.57. The number of aromatic nitrogens is 2. The molecule has 0 bridgehead atoms. The number of benzene rings is 1. The minimum Gasteiger partial charge on any atom is -0.419 e. The molecule has 6 heteroatoms. The molecular weight excluding hydrogens is 346 g/mol. The fourth-order valence-corrected chi connectivity index (χ4v) is 4.03. The standard InChI is InChI=1S/C20H23N3O2S/c1-15-5-2-6-16(11-15)20-22-21-19(25-20)14-23(12-17-7-3-9-24-17)13-18-8-4-10-26-18/h2,4-6,8,10-11,17H,3,7,9,12-14H2,1H3. The second kappa shape index (κ2) is 8.12. The maximum Gasteiger partial charge on any atom is 0.247 e. The van der Waals surface area contributed by atoms with E-state index in [-0.39, 0.29) is 0 Å². The van der Waals surface area contributed by atoms with Crippen LogP contribution < -0.4 is 0 Å². The lowest BCUT2D eigenvalue weighted by molar-refractivity contribution is 0.0653. The summed E-state index contributed by atoms with van der Waals surface area (Å²) in [4.78, 5) is 3.68. The zero-order valence-electron chi connectivity index (χ0n) is 14.9. The van der Waals surface area contributed by atoms with Gasteiger partial charge in [-0.1, -0.05) is 23.8 Å². The molecule has 1 unspecified atom stereocenters. The lowest BCUT2D eigenvalue weighted by Gasteiger charge is -2.23. The Morgan fingerprint density at radius 2 is 2.15 bits per heavy atom. The van der Waals surface area contributed by atoms with Gasteiger partial charge in [0.15, 0.2) is 0 Å². The van der Waals surface area contributed by atoms with Crippen molar-refractivity contribution in [3.8, 4) is 11.5 Å². The van der Waals surface area contributed by atoms with Gasteiger partial charge in [-0.05, 0) is 43.3 Å². The number of hydrogen-bond donors (Lipinski definition) is 0. The number of rotatable bonds is 7. The largest absolute Gasteiger partial charge is 0.419 e. The molecule has 136 valence electrons. The van der Waals surface area contributed by atoms with Crippen molar-refractivity contribution in [1.29, 1.82) is 0 Å². The van der Waals surface area contributed by atoms with E-state index < -0.39 is 0 Å². The highest BCUT2D eigenvalue weighted by atomic mass is 32.1. The van der Waals surface area contributed by atoms with E-state index in [0.29, 0.717) is 24.4 Å². The highest BCUT2D eigenvalue weighted by molar-refractivity contribution is 7.09. The zero-order valence-corrected chi connectivity index (χ0v) is 15.7. The van der Waals surface area contributed by atoms with Crippen molar-refractivity contribution in [2.75, 3.05) is 13.2 Å². The molecule has 3 aromatic rings. The smallest absolute Gasteiger partial charge is 0.247 e. The van der Waals surface area contributed by atoms with Gasteiger partial charge in [0.05, 0.1) is 12.6 Å². The molecule has 0 N–H and O–H groups in total.